The van der Waals surface area contributed by atoms with Gasteiger partial charge in [-0.3, -0.25) is 0 Å². The van der Waals surface area contributed by atoms with Gasteiger partial charge in [0.25, 0.3) is 0 Å². The second-order valence-corrected chi connectivity index (χ2v) is 21.1. The maximum atomic E-state index is 2.64. The van der Waals surface area contributed by atoms with Gasteiger partial charge in [-0.15, -0.1) is 0 Å². The first kappa shape index (κ1) is 46.3. The third kappa shape index (κ3) is 9.33. The zero-order valence-electron chi connectivity index (χ0n) is 33.5. The van der Waals surface area contributed by atoms with Crippen molar-refractivity contribution in [1.82, 2.24) is 0 Å². The van der Waals surface area contributed by atoms with Gasteiger partial charge in [0.1, 0.15) is 0 Å². The number of halogens is 3. The summed E-state index contributed by atoms with van der Waals surface area (Å²) in [6.07, 6.45) is 3.51. The molecule has 0 aromatic heterocycles. The average Bonchev–Trinajstić information content (AvgIpc) is 3.45. The molecule has 276 valence electrons. The molecule has 0 unspecified atom stereocenters. The van der Waals surface area contributed by atoms with Gasteiger partial charge in [-0.05, 0) is 0 Å². The molecule has 5 heteroatoms. The monoisotopic (exact) mass is 804 g/mol. The van der Waals surface area contributed by atoms with Gasteiger partial charge in [-0.25, -0.2) is 0 Å². The summed E-state index contributed by atoms with van der Waals surface area (Å²) in [5.41, 5.74) is 11.5. The van der Waals surface area contributed by atoms with Crippen molar-refractivity contribution in [2.24, 2.45) is 0 Å². The molecule has 4 aromatic rings. The van der Waals surface area contributed by atoms with Crippen LogP contribution in [0.4, 0.5) is 0 Å². The largest absolute Gasteiger partial charge is 1.00 e. The maximum Gasteiger partial charge on any atom is -1.00 e. The minimum atomic E-state index is -2.91. The Kier molecular flexibility index (Phi) is 17.1. The van der Waals surface area contributed by atoms with Crippen molar-refractivity contribution in [2.75, 3.05) is 0 Å². The Morgan fingerprint density at radius 3 is 1.00 bits per heavy atom. The third-order valence-corrected chi connectivity index (χ3v) is 16.4. The molecule has 0 aliphatic heterocycles. The van der Waals surface area contributed by atoms with Crippen molar-refractivity contribution in [3.63, 3.8) is 0 Å². The van der Waals surface area contributed by atoms with Crippen LogP contribution in [0.1, 0.15) is 164 Å². The fourth-order valence-corrected chi connectivity index (χ4v) is 13.8. The minimum absolute atomic E-state index is 0. The van der Waals surface area contributed by atoms with Gasteiger partial charge < -0.3 is 37.2 Å². The van der Waals surface area contributed by atoms with Gasteiger partial charge in [0.15, 0.2) is 0 Å². The zero-order chi connectivity index (χ0) is 35.8. The van der Waals surface area contributed by atoms with Gasteiger partial charge in [0.2, 0.25) is 0 Å². The minimum Gasteiger partial charge on any atom is -1.00 e. The maximum absolute atomic E-state index is 2.91. The molecule has 1 aliphatic carbocycles. The van der Waals surface area contributed by atoms with Crippen LogP contribution < -0.4 is 52.8 Å². The van der Waals surface area contributed by atoms with E-state index >= 15 is 0 Å². The Labute approximate surface area is 348 Å². The molecule has 0 spiro atoms. The zero-order valence-corrected chi connectivity index (χ0v) is 38.3. The van der Waals surface area contributed by atoms with E-state index in [1.54, 1.807) is 20.8 Å². The summed E-state index contributed by atoms with van der Waals surface area (Å²) in [6.45, 7) is 28.4. The van der Waals surface area contributed by atoms with E-state index in [0.717, 1.165) is 6.42 Å². The SMILES string of the molecule is CC(C)c1cc(C(C)C)cc([Si](C2=C(c3ccccc3)[C]([Ti+3])=CC2)(c2cc(C(C)C)cc(C(C)C)c2)c2cc(C(C)C)cc(C(C)C)c2)c1.[Cl-].[Cl-].[Cl-]. The molecule has 0 amide bonds. The number of allylic oxidation sites excluding steroid dienone is 4. The van der Waals surface area contributed by atoms with Crippen LogP contribution in [0.3, 0.4) is 0 Å². The number of hydrogen-bond acceptors (Lipinski definition) is 0. The van der Waals surface area contributed by atoms with E-state index in [2.05, 4.69) is 195 Å². The molecular formula is C47H59Cl3SiTi. The number of rotatable bonds is 11. The molecule has 4 aromatic carbocycles. The van der Waals surface area contributed by atoms with Crippen LogP contribution in [-0.4, -0.2) is 8.07 Å². The molecule has 0 bridgehead atoms. The van der Waals surface area contributed by atoms with Crippen LogP contribution in [0, 0.1) is 0 Å². The van der Waals surface area contributed by atoms with E-state index in [9.17, 15) is 0 Å². The molecular weight excluding hydrogens is 747 g/mol. The summed E-state index contributed by atoms with van der Waals surface area (Å²) >= 11 is 2.35. The van der Waals surface area contributed by atoms with E-state index in [4.69, 9.17) is 0 Å². The predicted octanol–water partition coefficient (Wildman–Crippen LogP) is 2.74. The summed E-state index contributed by atoms with van der Waals surface area (Å²) in [6, 6.07) is 34.6. The summed E-state index contributed by atoms with van der Waals surface area (Å²) < 4.78 is 1.41. The molecule has 0 saturated heterocycles. The van der Waals surface area contributed by atoms with E-state index in [1.165, 1.54) is 48.4 Å². The Morgan fingerprint density at radius 2 is 0.731 bits per heavy atom. The van der Waals surface area contributed by atoms with Crippen molar-refractivity contribution in [3.8, 4) is 0 Å². The predicted molar refractivity (Wildman–Crippen MR) is 215 cm³/mol. The molecule has 0 N–H and O–H groups in total. The molecule has 0 radical (unpaired) electrons. The first-order chi connectivity index (χ1) is 23.1. The Bertz CT molecular complexity index is 1630. The van der Waals surface area contributed by atoms with E-state index in [1.807, 2.05) is 0 Å². The van der Waals surface area contributed by atoms with Gasteiger partial charge in [-0.1, -0.05) is 0 Å². The molecule has 5 rings (SSSR count). The van der Waals surface area contributed by atoms with Gasteiger partial charge in [-0.2, -0.15) is 0 Å². The Morgan fingerprint density at radius 1 is 0.442 bits per heavy atom. The first-order valence-corrected chi connectivity index (χ1v) is 21.6. The van der Waals surface area contributed by atoms with E-state index < -0.39 is 8.07 Å². The molecule has 1 aliphatic rings. The summed E-state index contributed by atoms with van der Waals surface area (Å²) in [5, 5.41) is 6.26. The van der Waals surface area contributed by atoms with Gasteiger partial charge in [0, 0.05) is 0 Å². The number of benzene rings is 4. The van der Waals surface area contributed by atoms with Crippen molar-refractivity contribution in [1.29, 1.82) is 0 Å². The van der Waals surface area contributed by atoms with Gasteiger partial charge >= 0.3 is 314 Å². The second-order valence-electron chi connectivity index (χ2n) is 16.4. The van der Waals surface area contributed by atoms with Crippen molar-refractivity contribution in [2.45, 2.75) is 125 Å². The third-order valence-electron chi connectivity index (χ3n) is 10.8. The fraction of sp³-hybridized carbons (Fsp3) is 0.404. The van der Waals surface area contributed by atoms with Crippen LogP contribution in [0.2, 0.25) is 0 Å². The van der Waals surface area contributed by atoms with Crippen LogP contribution in [0.15, 0.2) is 100 Å². The normalized spacial score (nSPS) is 13.3. The standard InChI is InChI=1S/C47H59Si.3ClH.Ti/c1-30(2)37-21-38(31(3)4)25-43(24-37)48(44-26-39(32(5)6)22-40(27-44)33(7)8,45-28-41(34(9)10)23-42(29-45)35(11)12)47-20-16-19-46(47)36-17-14-13-15-18-36;;;;/h13-18,21-35H,20H2,1-12H3;3*1H;/q;;;;+3/p-3. The van der Waals surface area contributed by atoms with Crippen LogP contribution >= 0.6 is 0 Å². The number of hydrogen-bond donors (Lipinski definition) is 0. The summed E-state index contributed by atoms with van der Waals surface area (Å²) in [4.78, 5) is 0. The molecule has 0 saturated carbocycles. The molecule has 52 heavy (non-hydrogen) atoms. The smallest absolute Gasteiger partial charge is 1.00 e. The average molecular weight is 806 g/mol. The summed E-state index contributed by atoms with van der Waals surface area (Å²) in [7, 11) is -2.91. The Hall–Kier alpha value is -1.84. The topological polar surface area (TPSA) is 0 Å². The second kappa shape index (κ2) is 19.2. The van der Waals surface area contributed by atoms with Crippen molar-refractivity contribution in [3.05, 3.63) is 139 Å². The van der Waals surface area contributed by atoms with Gasteiger partial charge in [0.05, 0.1) is 0 Å². The van der Waals surface area contributed by atoms with Crippen molar-refractivity contribution >= 4 is 29.2 Å². The van der Waals surface area contributed by atoms with Crippen LogP contribution in [0.5, 0.6) is 0 Å². The van der Waals surface area contributed by atoms with Crippen molar-refractivity contribution < 1.29 is 57.7 Å². The fourth-order valence-electron chi connectivity index (χ4n) is 7.55. The molecule has 0 atom stereocenters. The summed E-state index contributed by atoms with van der Waals surface area (Å²) in [5.74, 6) is 2.65. The first-order valence-electron chi connectivity index (χ1n) is 18.8. The molecule has 0 heterocycles. The quantitative estimate of drug-likeness (QED) is 0.162. The molecule has 0 nitrogen and oxygen atoms in total. The van der Waals surface area contributed by atoms with Crippen LogP contribution in [-0.2, 0) is 20.4 Å². The Balaban J connectivity index is 0.00000312. The van der Waals surface area contributed by atoms with E-state index in [-0.39, 0.29) is 37.2 Å². The molecule has 0 fully saturated rings. The van der Waals surface area contributed by atoms with E-state index in [0.29, 0.717) is 35.5 Å². The van der Waals surface area contributed by atoms with Crippen LogP contribution in [0.25, 0.3) is 5.57 Å².